The Labute approximate surface area is 165 Å². The molecule has 0 bridgehead atoms. The number of esters is 1. The number of rotatable bonds is 5. The molecule has 0 atom stereocenters. The van der Waals surface area contributed by atoms with E-state index < -0.39 is 24.5 Å². The van der Waals surface area contributed by atoms with Gasteiger partial charge in [-0.2, -0.15) is 5.10 Å². The number of para-hydroxylation sites is 1. The highest BCUT2D eigenvalue weighted by Gasteiger charge is 2.19. The van der Waals surface area contributed by atoms with Crippen LogP contribution < -0.4 is 10.6 Å². The number of amides is 3. The van der Waals surface area contributed by atoms with Crippen molar-refractivity contribution in [2.45, 2.75) is 26.8 Å². The van der Waals surface area contributed by atoms with Gasteiger partial charge in [0.1, 0.15) is 9.71 Å². The first kappa shape index (κ1) is 19.6. The summed E-state index contributed by atoms with van der Waals surface area (Å²) in [6.45, 7) is 4.86. The highest BCUT2D eigenvalue weighted by molar-refractivity contribution is 7.20. The molecule has 28 heavy (non-hydrogen) atoms. The standard InChI is InChI=1S/C19H20N4O4S/c1-11(2)20-19(26)21-16(24)10-27-18(25)15-9-14-12(3)22-23(17(14)28-15)13-7-5-4-6-8-13/h4-9,11H,10H2,1-3H3,(H2,20,21,24,26). The van der Waals surface area contributed by atoms with Crippen molar-refractivity contribution in [2.75, 3.05) is 6.61 Å². The third kappa shape index (κ3) is 4.37. The van der Waals surface area contributed by atoms with Gasteiger partial charge >= 0.3 is 12.0 Å². The fraction of sp³-hybridized carbons (Fsp3) is 0.263. The lowest BCUT2D eigenvalue weighted by Gasteiger charge is -2.09. The summed E-state index contributed by atoms with van der Waals surface area (Å²) in [4.78, 5) is 36.7. The minimum absolute atomic E-state index is 0.110. The molecule has 3 amide bonds. The largest absolute Gasteiger partial charge is 0.451 e. The molecule has 0 radical (unpaired) electrons. The van der Waals surface area contributed by atoms with Crippen molar-refractivity contribution in [1.82, 2.24) is 20.4 Å². The molecule has 2 N–H and O–H groups in total. The van der Waals surface area contributed by atoms with Gasteiger partial charge in [0.15, 0.2) is 6.61 Å². The summed E-state index contributed by atoms with van der Waals surface area (Å²) in [6.07, 6.45) is 0. The number of carbonyl (C=O) groups is 3. The van der Waals surface area contributed by atoms with Gasteiger partial charge in [-0.05, 0) is 39.0 Å². The molecule has 0 fully saturated rings. The van der Waals surface area contributed by atoms with Crippen LogP contribution in [-0.4, -0.2) is 40.3 Å². The van der Waals surface area contributed by atoms with Crippen LogP contribution in [0.4, 0.5) is 4.79 Å². The number of nitrogens with one attached hydrogen (secondary N) is 2. The number of fused-ring (bicyclic) bond motifs is 1. The zero-order valence-electron chi connectivity index (χ0n) is 15.7. The van der Waals surface area contributed by atoms with E-state index in [-0.39, 0.29) is 6.04 Å². The van der Waals surface area contributed by atoms with Crippen LogP contribution in [0.25, 0.3) is 15.9 Å². The van der Waals surface area contributed by atoms with Gasteiger partial charge in [0.05, 0.1) is 11.4 Å². The van der Waals surface area contributed by atoms with Gasteiger partial charge in [0.2, 0.25) is 0 Å². The number of aromatic nitrogens is 2. The molecule has 2 aromatic heterocycles. The van der Waals surface area contributed by atoms with E-state index in [1.807, 2.05) is 37.3 Å². The molecule has 146 valence electrons. The lowest BCUT2D eigenvalue weighted by molar-refractivity contribution is -0.123. The SMILES string of the molecule is Cc1nn(-c2ccccc2)c2sc(C(=O)OCC(=O)NC(=O)NC(C)C)cc12. The summed E-state index contributed by atoms with van der Waals surface area (Å²) >= 11 is 1.24. The number of hydrogen-bond donors (Lipinski definition) is 2. The second kappa shape index (κ2) is 8.22. The van der Waals surface area contributed by atoms with Crippen LogP contribution in [0.3, 0.4) is 0 Å². The fourth-order valence-electron chi connectivity index (χ4n) is 2.56. The number of carbonyl (C=O) groups excluding carboxylic acids is 3. The van der Waals surface area contributed by atoms with Crippen molar-refractivity contribution >= 4 is 39.5 Å². The fourth-order valence-corrected chi connectivity index (χ4v) is 3.63. The van der Waals surface area contributed by atoms with E-state index >= 15 is 0 Å². The minimum Gasteiger partial charge on any atom is -0.451 e. The summed E-state index contributed by atoms with van der Waals surface area (Å²) in [5, 5.41) is 9.98. The molecule has 0 unspecified atom stereocenters. The van der Waals surface area contributed by atoms with Crippen LogP contribution in [0.1, 0.15) is 29.2 Å². The Morgan fingerprint density at radius 1 is 1.21 bits per heavy atom. The van der Waals surface area contributed by atoms with Gasteiger partial charge in [-0.25, -0.2) is 14.3 Å². The van der Waals surface area contributed by atoms with Gasteiger partial charge in [0, 0.05) is 11.4 Å². The number of aryl methyl sites for hydroxylation is 1. The molecule has 8 nitrogen and oxygen atoms in total. The Balaban J connectivity index is 1.69. The zero-order chi connectivity index (χ0) is 20.3. The second-order valence-electron chi connectivity index (χ2n) is 6.41. The Morgan fingerprint density at radius 3 is 2.61 bits per heavy atom. The summed E-state index contributed by atoms with van der Waals surface area (Å²) in [7, 11) is 0. The number of benzene rings is 1. The van der Waals surface area contributed by atoms with E-state index in [2.05, 4.69) is 15.7 Å². The molecule has 0 aliphatic heterocycles. The summed E-state index contributed by atoms with van der Waals surface area (Å²) in [6, 6.07) is 10.6. The number of hydrogen-bond acceptors (Lipinski definition) is 6. The molecule has 0 saturated carbocycles. The van der Waals surface area contributed by atoms with Gasteiger partial charge in [0.25, 0.3) is 5.91 Å². The highest BCUT2D eigenvalue weighted by atomic mass is 32.1. The van der Waals surface area contributed by atoms with Crippen molar-refractivity contribution in [3.05, 3.63) is 47.0 Å². The van der Waals surface area contributed by atoms with E-state index in [1.54, 1.807) is 24.6 Å². The van der Waals surface area contributed by atoms with Gasteiger partial charge < -0.3 is 10.1 Å². The van der Waals surface area contributed by atoms with Crippen LogP contribution in [-0.2, 0) is 9.53 Å². The van der Waals surface area contributed by atoms with Crippen molar-refractivity contribution in [2.24, 2.45) is 0 Å². The van der Waals surface area contributed by atoms with Crippen LogP contribution in [0.15, 0.2) is 36.4 Å². The van der Waals surface area contributed by atoms with E-state index in [0.29, 0.717) is 4.88 Å². The minimum atomic E-state index is -0.695. The van der Waals surface area contributed by atoms with Crippen molar-refractivity contribution in [1.29, 1.82) is 0 Å². The molecule has 2 heterocycles. The number of ether oxygens (including phenoxy) is 1. The van der Waals surface area contributed by atoms with E-state index in [1.165, 1.54) is 11.3 Å². The Bertz CT molecular complexity index is 1020. The monoisotopic (exact) mass is 400 g/mol. The van der Waals surface area contributed by atoms with Gasteiger partial charge in [-0.1, -0.05) is 18.2 Å². The van der Waals surface area contributed by atoms with Crippen LogP contribution in [0.5, 0.6) is 0 Å². The molecule has 1 aromatic carbocycles. The van der Waals surface area contributed by atoms with E-state index in [4.69, 9.17) is 4.74 Å². The maximum atomic E-state index is 12.3. The van der Waals surface area contributed by atoms with Crippen LogP contribution in [0, 0.1) is 6.92 Å². The molecule has 0 spiro atoms. The van der Waals surface area contributed by atoms with E-state index in [9.17, 15) is 14.4 Å². The normalized spacial score (nSPS) is 10.9. The van der Waals surface area contributed by atoms with Gasteiger partial charge in [-0.15, -0.1) is 11.3 Å². The Kier molecular flexibility index (Phi) is 5.74. The third-order valence-corrected chi connectivity index (χ3v) is 4.84. The van der Waals surface area contributed by atoms with Crippen molar-refractivity contribution in [3.63, 3.8) is 0 Å². The predicted molar refractivity (Wildman–Crippen MR) is 106 cm³/mol. The quantitative estimate of drug-likeness (QED) is 0.641. The molecule has 0 aliphatic carbocycles. The first-order valence-corrected chi connectivity index (χ1v) is 9.49. The average Bonchev–Trinajstić information content (AvgIpc) is 3.20. The molecule has 0 saturated heterocycles. The smallest absolute Gasteiger partial charge is 0.348 e. The molecular weight excluding hydrogens is 380 g/mol. The van der Waals surface area contributed by atoms with Crippen LogP contribution >= 0.6 is 11.3 Å². The number of imide groups is 1. The molecule has 3 aromatic rings. The molecule has 9 heteroatoms. The number of nitrogens with zero attached hydrogens (tertiary/aromatic N) is 2. The predicted octanol–water partition coefficient (Wildman–Crippen LogP) is 2.79. The highest BCUT2D eigenvalue weighted by Crippen LogP contribution is 2.30. The topological polar surface area (TPSA) is 102 Å². The maximum Gasteiger partial charge on any atom is 0.348 e. The Hall–Kier alpha value is -3.20. The Morgan fingerprint density at radius 2 is 1.93 bits per heavy atom. The summed E-state index contributed by atoms with van der Waals surface area (Å²) < 4.78 is 6.80. The number of thiophene rings is 1. The molecular formula is C19H20N4O4S. The lowest BCUT2D eigenvalue weighted by atomic mass is 10.3. The van der Waals surface area contributed by atoms with Crippen molar-refractivity contribution < 1.29 is 19.1 Å². The number of urea groups is 1. The lowest BCUT2D eigenvalue weighted by Crippen LogP contribution is -2.44. The second-order valence-corrected chi connectivity index (χ2v) is 7.45. The molecule has 0 aliphatic rings. The van der Waals surface area contributed by atoms with Crippen molar-refractivity contribution in [3.8, 4) is 5.69 Å². The third-order valence-electron chi connectivity index (χ3n) is 3.75. The van der Waals surface area contributed by atoms with E-state index in [0.717, 1.165) is 21.6 Å². The first-order valence-electron chi connectivity index (χ1n) is 8.67. The summed E-state index contributed by atoms with van der Waals surface area (Å²) in [5.74, 6) is -1.32. The van der Waals surface area contributed by atoms with Crippen LogP contribution in [0.2, 0.25) is 0 Å². The average molecular weight is 400 g/mol. The summed E-state index contributed by atoms with van der Waals surface area (Å²) in [5.41, 5.74) is 1.68. The first-order chi connectivity index (χ1) is 13.3. The zero-order valence-corrected chi connectivity index (χ0v) is 16.5. The maximum absolute atomic E-state index is 12.3. The van der Waals surface area contributed by atoms with Gasteiger partial charge in [-0.3, -0.25) is 10.1 Å². The molecule has 3 rings (SSSR count).